The van der Waals surface area contributed by atoms with Crippen LogP contribution in [-0.2, 0) is 6.42 Å². The van der Waals surface area contributed by atoms with E-state index in [-0.39, 0.29) is 0 Å². The molecule has 0 fully saturated rings. The van der Waals surface area contributed by atoms with Crippen LogP contribution in [0.2, 0.25) is 8.67 Å². The lowest BCUT2D eigenvalue weighted by molar-refractivity contribution is 0.179. The zero-order valence-electron chi connectivity index (χ0n) is 8.66. The van der Waals surface area contributed by atoms with E-state index in [4.69, 9.17) is 23.2 Å². The number of hydrogen-bond acceptors (Lipinski definition) is 2. The van der Waals surface area contributed by atoms with Gasteiger partial charge in [0.05, 0.1) is 10.4 Å². The minimum atomic E-state index is -0.624. The second-order valence-corrected chi connectivity index (χ2v) is 6.83. The van der Waals surface area contributed by atoms with Crippen LogP contribution < -0.4 is 0 Å². The SMILES string of the molecule is OC(Cc1cccc(Br)c1)c1cc(Cl)sc1Cl. The van der Waals surface area contributed by atoms with Crippen molar-refractivity contribution in [2.45, 2.75) is 12.5 Å². The van der Waals surface area contributed by atoms with E-state index in [0.29, 0.717) is 20.7 Å². The van der Waals surface area contributed by atoms with Gasteiger partial charge in [-0.3, -0.25) is 0 Å². The highest BCUT2D eigenvalue weighted by Gasteiger charge is 2.15. The van der Waals surface area contributed by atoms with Gasteiger partial charge in [0.15, 0.2) is 0 Å². The maximum absolute atomic E-state index is 10.1. The summed E-state index contributed by atoms with van der Waals surface area (Å²) < 4.78 is 2.15. The summed E-state index contributed by atoms with van der Waals surface area (Å²) in [6.07, 6.45) is -0.104. The van der Waals surface area contributed by atoms with Gasteiger partial charge in [-0.1, -0.05) is 51.3 Å². The first kappa shape index (κ1) is 13.4. The Morgan fingerprint density at radius 3 is 2.65 bits per heavy atom. The molecular formula is C12H9BrCl2OS. The summed E-state index contributed by atoms with van der Waals surface area (Å²) in [5.41, 5.74) is 1.74. The van der Waals surface area contributed by atoms with Crippen molar-refractivity contribution in [3.05, 3.63) is 54.6 Å². The summed E-state index contributed by atoms with van der Waals surface area (Å²) >= 11 is 16.5. The zero-order valence-corrected chi connectivity index (χ0v) is 12.6. The molecule has 1 aromatic heterocycles. The summed E-state index contributed by atoms with van der Waals surface area (Å²) in [5, 5.41) is 10.1. The minimum absolute atomic E-state index is 0.520. The Balaban J connectivity index is 2.16. The fourth-order valence-electron chi connectivity index (χ4n) is 1.58. The summed E-state index contributed by atoms with van der Waals surface area (Å²) in [7, 11) is 0. The topological polar surface area (TPSA) is 20.2 Å². The van der Waals surface area contributed by atoms with Gasteiger partial charge >= 0.3 is 0 Å². The lowest BCUT2D eigenvalue weighted by Gasteiger charge is -2.09. The largest absolute Gasteiger partial charge is 0.388 e. The number of halogens is 3. The predicted octanol–water partition coefficient (Wildman–Crippen LogP) is 5.09. The van der Waals surface area contributed by atoms with Gasteiger partial charge in [-0.25, -0.2) is 0 Å². The second-order valence-electron chi connectivity index (χ2n) is 3.63. The van der Waals surface area contributed by atoms with Crippen LogP contribution in [0.3, 0.4) is 0 Å². The fraction of sp³-hybridized carbons (Fsp3) is 0.167. The first-order chi connectivity index (χ1) is 8.06. The number of hydrogen-bond donors (Lipinski definition) is 1. The molecule has 1 atom stereocenters. The van der Waals surface area contributed by atoms with E-state index < -0.39 is 6.10 Å². The third-order valence-corrected chi connectivity index (χ3v) is 4.37. The van der Waals surface area contributed by atoms with Gasteiger partial charge in [0.1, 0.15) is 4.34 Å². The zero-order chi connectivity index (χ0) is 12.4. The quantitative estimate of drug-likeness (QED) is 0.816. The van der Waals surface area contributed by atoms with Crippen molar-refractivity contribution in [3.8, 4) is 0 Å². The molecule has 0 saturated heterocycles. The maximum Gasteiger partial charge on any atom is 0.100 e. The van der Waals surface area contributed by atoms with Crippen molar-refractivity contribution < 1.29 is 5.11 Å². The first-order valence-electron chi connectivity index (χ1n) is 4.93. The molecule has 0 aliphatic carbocycles. The molecule has 90 valence electrons. The van der Waals surface area contributed by atoms with Crippen molar-refractivity contribution in [3.63, 3.8) is 0 Å². The minimum Gasteiger partial charge on any atom is -0.388 e. The lowest BCUT2D eigenvalue weighted by Crippen LogP contribution is -2.00. The van der Waals surface area contributed by atoms with Gasteiger partial charge in [0.2, 0.25) is 0 Å². The van der Waals surface area contributed by atoms with E-state index in [2.05, 4.69) is 15.9 Å². The molecule has 0 aliphatic heterocycles. The average molecular weight is 352 g/mol. The summed E-state index contributed by atoms with van der Waals surface area (Å²) in [6, 6.07) is 9.55. The van der Waals surface area contributed by atoms with Gasteiger partial charge in [-0.15, -0.1) is 11.3 Å². The molecule has 1 aromatic carbocycles. The molecule has 0 aliphatic rings. The highest BCUT2D eigenvalue weighted by Crippen LogP contribution is 2.36. The fourth-order valence-corrected chi connectivity index (χ4v) is 3.59. The molecule has 1 N–H and O–H groups in total. The Bertz CT molecular complexity index is 527. The highest BCUT2D eigenvalue weighted by atomic mass is 79.9. The standard InChI is InChI=1S/C12H9BrCl2OS/c13-8-3-1-2-7(4-8)5-10(16)9-6-11(14)17-12(9)15/h1-4,6,10,16H,5H2. The van der Waals surface area contributed by atoms with E-state index in [9.17, 15) is 5.11 Å². The molecule has 1 unspecified atom stereocenters. The Hall–Kier alpha value is -0.0600. The molecule has 5 heteroatoms. The van der Waals surface area contributed by atoms with E-state index in [1.807, 2.05) is 24.3 Å². The van der Waals surface area contributed by atoms with E-state index in [0.717, 1.165) is 10.0 Å². The summed E-state index contributed by atoms with van der Waals surface area (Å²) in [5.74, 6) is 0. The predicted molar refractivity (Wildman–Crippen MR) is 77.1 cm³/mol. The molecule has 0 spiro atoms. The Kier molecular flexibility index (Phi) is 4.50. The molecule has 2 aromatic rings. The van der Waals surface area contributed by atoms with Crippen molar-refractivity contribution in [2.75, 3.05) is 0 Å². The van der Waals surface area contributed by atoms with Crippen LogP contribution >= 0.6 is 50.5 Å². The molecule has 0 saturated carbocycles. The number of benzene rings is 1. The maximum atomic E-state index is 10.1. The van der Waals surface area contributed by atoms with Crippen molar-refractivity contribution in [2.24, 2.45) is 0 Å². The Morgan fingerprint density at radius 2 is 2.06 bits per heavy atom. The molecule has 0 radical (unpaired) electrons. The van der Waals surface area contributed by atoms with Crippen LogP contribution in [0, 0.1) is 0 Å². The van der Waals surface area contributed by atoms with Crippen LogP contribution in [-0.4, -0.2) is 5.11 Å². The smallest absolute Gasteiger partial charge is 0.100 e. The first-order valence-corrected chi connectivity index (χ1v) is 7.30. The van der Waals surface area contributed by atoms with Crippen LogP contribution in [0.25, 0.3) is 0 Å². The van der Waals surface area contributed by atoms with E-state index >= 15 is 0 Å². The van der Waals surface area contributed by atoms with E-state index in [1.54, 1.807) is 6.07 Å². The lowest BCUT2D eigenvalue weighted by atomic mass is 10.0. The van der Waals surface area contributed by atoms with Gasteiger partial charge in [0.25, 0.3) is 0 Å². The van der Waals surface area contributed by atoms with Crippen molar-refractivity contribution >= 4 is 50.5 Å². The molecular weight excluding hydrogens is 343 g/mol. The number of aliphatic hydroxyl groups is 1. The van der Waals surface area contributed by atoms with Crippen LogP contribution in [0.15, 0.2) is 34.8 Å². The third kappa shape index (κ3) is 3.46. The van der Waals surface area contributed by atoms with Crippen LogP contribution in [0.5, 0.6) is 0 Å². The monoisotopic (exact) mass is 350 g/mol. The van der Waals surface area contributed by atoms with Gasteiger partial charge in [-0.2, -0.15) is 0 Å². The summed E-state index contributed by atoms with van der Waals surface area (Å²) in [4.78, 5) is 0. The number of aliphatic hydroxyl groups excluding tert-OH is 1. The van der Waals surface area contributed by atoms with Gasteiger partial charge < -0.3 is 5.11 Å². The van der Waals surface area contributed by atoms with Crippen molar-refractivity contribution in [1.29, 1.82) is 0 Å². The molecule has 0 bridgehead atoms. The van der Waals surface area contributed by atoms with Gasteiger partial charge in [0, 0.05) is 16.5 Å². The molecule has 1 nitrogen and oxygen atoms in total. The van der Waals surface area contributed by atoms with E-state index in [1.165, 1.54) is 11.3 Å². The average Bonchev–Trinajstić information content (AvgIpc) is 2.58. The second kappa shape index (κ2) is 5.72. The molecule has 1 heterocycles. The molecule has 17 heavy (non-hydrogen) atoms. The normalized spacial score (nSPS) is 12.7. The van der Waals surface area contributed by atoms with Crippen molar-refractivity contribution in [1.82, 2.24) is 0 Å². The van der Waals surface area contributed by atoms with Crippen LogP contribution in [0.4, 0.5) is 0 Å². The highest BCUT2D eigenvalue weighted by molar-refractivity contribution is 9.10. The number of rotatable bonds is 3. The number of thiophene rings is 1. The Morgan fingerprint density at radius 1 is 1.29 bits per heavy atom. The van der Waals surface area contributed by atoms with Crippen LogP contribution in [0.1, 0.15) is 17.2 Å². The summed E-state index contributed by atoms with van der Waals surface area (Å²) in [6.45, 7) is 0. The Labute approximate surface area is 122 Å². The molecule has 2 rings (SSSR count). The third-order valence-electron chi connectivity index (χ3n) is 2.36. The van der Waals surface area contributed by atoms with Gasteiger partial charge in [-0.05, 0) is 23.8 Å². The molecule has 0 amide bonds.